The molecule has 0 radical (unpaired) electrons. The van der Waals surface area contributed by atoms with E-state index in [0.29, 0.717) is 11.4 Å². The molecule has 1 amide bonds. The summed E-state index contributed by atoms with van der Waals surface area (Å²) in [5, 5.41) is 11.0. The zero-order valence-corrected chi connectivity index (χ0v) is 10.4. The van der Waals surface area contributed by atoms with Crippen molar-refractivity contribution >= 4 is 22.6 Å². The lowest BCUT2D eigenvalue weighted by Crippen LogP contribution is -2.25. The average molecular weight is 266 g/mol. The number of carbonyl (C=O) groups is 1. The molecule has 98 valence electrons. The van der Waals surface area contributed by atoms with E-state index in [-0.39, 0.29) is 12.5 Å². The molecule has 2 heterocycles. The van der Waals surface area contributed by atoms with E-state index in [0.717, 1.165) is 16.7 Å². The number of aromatic nitrogens is 3. The molecule has 1 aromatic heterocycles. The Morgan fingerprint density at radius 2 is 2.10 bits per heavy atom. The summed E-state index contributed by atoms with van der Waals surface area (Å²) in [6.07, 6.45) is 0. The Morgan fingerprint density at radius 1 is 1.20 bits per heavy atom. The second-order valence-electron chi connectivity index (χ2n) is 4.51. The van der Waals surface area contributed by atoms with E-state index >= 15 is 0 Å². The minimum Gasteiger partial charge on any atom is -0.482 e. The Kier molecular flexibility index (Phi) is 2.23. The van der Waals surface area contributed by atoms with Gasteiger partial charge in [0.25, 0.3) is 5.91 Å². The van der Waals surface area contributed by atoms with Crippen molar-refractivity contribution < 1.29 is 9.53 Å². The zero-order chi connectivity index (χ0) is 13.5. The number of nitrogens with zero attached hydrogens (tertiary/aromatic N) is 3. The van der Waals surface area contributed by atoms with Crippen LogP contribution >= 0.6 is 0 Å². The standard InChI is InChI=1S/C14H10N4O2/c19-14-8-20-13-6-5-9(7-11(13)15-14)18-12-4-2-1-3-10(12)16-17-18/h1-7H,8H2,(H,15,19). The minimum atomic E-state index is -0.155. The number of para-hydroxylation sites is 1. The number of nitrogens with one attached hydrogen (secondary N) is 1. The number of benzene rings is 2. The van der Waals surface area contributed by atoms with Gasteiger partial charge >= 0.3 is 0 Å². The van der Waals surface area contributed by atoms with Gasteiger partial charge in [-0.2, -0.15) is 0 Å². The summed E-state index contributed by atoms with van der Waals surface area (Å²) in [4.78, 5) is 11.4. The van der Waals surface area contributed by atoms with Crippen molar-refractivity contribution in [3.63, 3.8) is 0 Å². The van der Waals surface area contributed by atoms with Crippen LogP contribution in [0.1, 0.15) is 0 Å². The highest BCUT2D eigenvalue weighted by molar-refractivity contribution is 5.95. The Labute approximate surface area is 114 Å². The summed E-state index contributed by atoms with van der Waals surface area (Å²) in [6.45, 7) is 0.0542. The quantitative estimate of drug-likeness (QED) is 0.728. The lowest BCUT2D eigenvalue weighted by molar-refractivity contribution is -0.118. The number of amides is 1. The van der Waals surface area contributed by atoms with Gasteiger partial charge in [-0.25, -0.2) is 4.68 Å². The average Bonchev–Trinajstić information content (AvgIpc) is 2.90. The predicted octanol–water partition coefficient (Wildman–Crippen LogP) is 1.75. The van der Waals surface area contributed by atoms with Crippen molar-refractivity contribution in [1.82, 2.24) is 15.0 Å². The fourth-order valence-electron chi connectivity index (χ4n) is 2.26. The predicted molar refractivity (Wildman–Crippen MR) is 73.0 cm³/mol. The van der Waals surface area contributed by atoms with Gasteiger partial charge in [0.15, 0.2) is 6.61 Å². The number of carbonyl (C=O) groups excluding carboxylic acids is 1. The van der Waals surface area contributed by atoms with E-state index in [1.165, 1.54) is 0 Å². The molecule has 0 aliphatic carbocycles. The Morgan fingerprint density at radius 3 is 3.05 bits per heavy atom. The Balaban J connectivity index is 1.86. The summed E-state index contributed by atoms with van der Waals surface area (Å²) in [5.41, 5.74) is 3.21. The molecule has 2 aromatic carbocycles. The third kappa shape index (κ3) is 1.62. The zero-order valence-electron chi connectivity index (χ0n) is 10.4. The molecule has 0 saturated heterocycles. The van der Waals surface area contributed by atoms with E-state index < -0.39 is 0 Å². The minimum absolute atomic E-state index is 0.0542. The van der Waals surface area contributed by atoms with Crippen molar-refractivity contribution in [3.05, 3.63) is 42.5 Å². The van der Waals surface area contributed by atoms with Gasteiger partial charge in [-0.15, -0.1) is 5.10 Å². The van der Waals surface area contributed by atoms with Crippen molar-refractivity contribution in [2.24, 2.45) is 0 Å². The number of anilines is 1. The molecule has 0 spiro atoms. The topological polar surface area (TPSA) is 69.0 Å². The summed E-state index contributed by atoms with van der Waals surface area (Å²) in [6, 6.07) is 13.2. The van der Waals surface area contributed by atoms with Gasteiger partial charge in [0.2, 0.25) is 0 Å². The first-order valence-electron chi connectivity index (χ1n) is 6.19. The van der Waals surface area contributed by atoms with E-state index in [9.17, 15) is 4.79 Å². The van der Waals surface area contributed by atoms with Gasteiger partial charge in [-0.1, -0.05) is 17.3 Å². The van der Waals surface area contributed by atoms with Crippen molar-refractivity contribution in [1.29, 1.82) is 0 Å². The highest BCUT2D eigenvalue weighted by Gasteiger charge is 2.17. The van der Waals surface area contributed by atoms with Crippen LogP contribution < -0.4 is 10.1 Å². The molecular weight excluding hydrogens is 256 g/mol. The lowest BCUT2D eigenvalue weighted by atomic mass is 10.2. The summed E-state index contributed by atoms with van der Waals surface area (Å²) in [7, 11) is 0. The van der Waals surface area contributed by atoms with E-state index in [1.807, 2.05) is 42.5 Å². The highest BCUT2D eigenvalue weighted by Crippen LogP contribution is 2.30. The smallest absolute Gasteiger partial charge is 0.262 e. The van der Waals surface area contributed by atoms with Gasteiger partial charge in [-0.3, -0.25) is 4.79 Å². The maximum Gasteiger partial charge on any atom is 0.262 e. The van der Waals surface area contributed by atoms with Gasteiger partial charge < -0.3 is 10.1 Å². The molecule has 0 fully saturated rings. The fraction of sp³-hybridized carbons (Fsp3) is 0.0714. The molecule has 6 nitrogen and oxygen atoms in total. The maximum atomic E-state index is 11.4. The normalized spacial score (nSPS) is 13.7. The van der Waals surface area contributed by atoms with Crippen LogP contribution in [0.4, 0.5) is 5.69 Å². The summed E-state index contributed by atoms with van der Waals surface area (Å²) >= 11 is 0. The fourth-order valence-corrected chi connectivity index (χ4v) is 2.26. The molecule has 0 atom stereocenters. The number of hydrogen-bond donors (Lipinski definition) is 1. The monoisotopic (exact) mass is 266 g/mol. The van der Waals surface area contributed by atoms with Crippen LogP contribution in [0.15, 0.2) is 42.5 Å². The Bertz CT molecular complexity index is 825. The molecule has 20 heavy (non-hydrogen) atoms. The van der Waals surface area contributed by atoms with Gasteiger partial charge in [0.05, 0.1) is 16.9 Å². The van der Waals surface area contributed by atoms with E-state index in [2.05, 4.69) is 15.6 Å². The lowest BCUT2D eigenvalue weighted by Gasteiger charge is -2.18. The third-order valence-electron chi connectivity index (χ3n) is 3.19. The van der Waals surface area contributed by atoms with E-state index in [1.54, 1.807) is 4.68 Å². The summed E-state index contributed by atoms with van der Waals surface area (Å²) < 4.78 is 7.07. The van der Waals surface area contributed by atoms with Crippen molar-refractivity contribution in [2.45, 2.75) is 0 Å². The van der Waals surface area contributed by atoms with Gasteiger partial charge in [-0.05, 0) is 30.3 Å². The molecule has 1 aliphatic heterocycles. The van der Waals surface area contributed by atoms with Crippen molar-refractivity contribution in [2.75, 3.05) is 11.9 Å². The number of ether oxygens (including phenoxy) is 1. The molecule has 0 unspecified atom stereocenters. The largest absolute Gasteiger partial charge is 0.482 e. The van der Waals surface area contributed by atoms with Gasteiger partial charge in [0, 0.05) is 0 Å². The molecular formula is C14H10N4O2. The van der Waals surface area contributed by atoms with Crippen LogP contribution in [-0.4, -0.2) is 27.5 Å². The summed E-state index contributed by atoms with van der Waals surface area (Å²) in [5.74, 6) is 0.510. The van der Waals surface area contributed by atoms with Crippen LogP contribution in [0.5, 0.6) is 5.75 Å². The SMILES string of the molecule is O=C1COc2ccc(-n3nnc4ccccc43)cc2N1. The first-order valence-corrected chi connectivity index (χ1v) is 6.19. The van der Waals surface area contributed by atoms with E-state index in [4.69, 9.17) is 4.74 Å². The molecule has 0 bridgehead atoms. The van der Waals surface area contributed by atoms with Crippen molar-refractivity contribution in [3.8, 4) is 11.4 Å². The second-order valence-corrected chi connectivity index (χ2v) is 4.51. The van der Waals surface area contributed by atoms with Crippen LogP contribution in [0, 0.1) is 0 Å². The van der Waals surface area contributed by atoms with Crippen LogP contribution in [0.3, 0.4) is 0 Å². The van der Waals surface area contributed by atoms with Crippen LogP contribution in [-0.2, 0) is 4.79 Å². The first-order chi connectivity index (χ1) is 9.81. The molecule has 3 aromatic rings. The highest BCUT2D eigenvalue weighted by atomic mass is 16.5. The molecule has 6 heteroatoms. The Hall–Kier alpha value is -2.89. The molecule has 1 N–H and O–H groups in total. The second kappa shape index (κ2) is 4.06. The van der Waals surface area contributed by atoms with Crippen LogP contribution in [0.25, 0.3) is 16.7 Å². The van der Waals surface area contributed by atoms with Gasteiger partial charge in [0.1, 0.15) is 11.3 Å². The number of hydrogen-bond acceptors (Lipinski definition) is 4. The third-order valence-corrected chi connectivity index (χ3v) is 3.19. The molecule has 0 saturated carbocycles. The maximum absolute atomic E-state index is 11.4. The first kappa shape index (κ1) is 11.0. The number of fused-ring (bicyclic) bond motifs is 2. The number of rotatable bonds is 1. The molecule has 1 aliphatic rings. The van der Waals surface area contributed by atoms with Crippen LogP contribution in [0.2, 0.25) is 0 Å². The molecule has 4 rings (SSSR count).